The molecule has 0 aliphatic carbocycles. The molecule has 188 valence electrons. The average molecular weight is 553 g/mol. The number of halogens is 2. The van der Waals surface area contributed by atoms with Crippen LogP contribution in [-0.4, -0.2) is 28.4 Å². The number of rotatable bonds is 6. The normalized spacial score (nSPS) is 17.1. The number of hydrogen-bond donors (Lipinski definition) is 1. The Hall–Kier alpha value is -3.39. The molecular weight excluding hydrogens is 531 g/mol. The first-order valence-corrected chi connectivity index (χ1v) is 13.2. The molecule has 5 rings (SSSR count). The summed E-state index contributed by atoms with van der Waals surface area (Å²) in [7, 11) is 0. The largest absolute Gasteiger partial charge is 0.507 e. The molecule has 0 bridgehead atoms. The molecule has 2 heterocycles. The Kier molecular flexibility index (Phi) is 6.94. The summed E-state index contributed by atoms with van der Waals surface area (Å²) >= 11 is 13.8. The number of fused-ring (bicyclic) bond motifs is 1. The van der Waals surface area contributed by atoms with Gasteiger partial charge >= 0.3 is 5.91 Å². The van der Waals surface area contributed by atoms with E-state index in [4.69, 9.17) is 27.9 Å². The van der Waals surface area contributed by atoms with Crippen molar-refractivity contribution in [2.24, 2.45) is 0 Å². The molecule has 1 fully saturated rings. The van der Waals surface area contributed by atoms with Gasteiger partial charge in [0.25, 0.3) is 5.78 Å². The van der Waals surface area contributed by atoms with Crippen molar-refractivity contribution in [3.05, 3.63) is 93.0 Å². The van der Waals surface area contributed by atoms with Gasteiger partial charge in [0.1, 0.15) is 11.5 Å². The molecule has 1 saturated heterocycles. The standard InChI is InChI=1S/C28H22Cl2N2O4S/c1-3-12-36-18-8-5-16(6-9-18)25(33)23-24(17-7-10-19(29)20(30)14-17)32(27(35)26(23)34)28-31-21-11-4-15(2)13-22(21)37-28/h4-11,13-14,24,33H,3,12H2,1-2H3/b25-23+. The fourth-order valence-corrected chi connectivity index (χ4v) is 5.63. The van der Waals surface area contributed by atoms with E-state index in [1.165, 1.54) is 16.2 Å². The topological polar surface area (TPSA) is 79.7 Å². The van der Waals surface area contributed by atoms with Crippen LogP contribution < -0.4 is 9.64 Å². The summed E-state index contributed by atoms with van der Waals surface area (Å²) in [5, 5.41) is 12.3. The fraction of sp³-hybridized carbons (Fsp3) is 0.179. The second kappa shape index (κ2) is 10.2. The quantitative estimate of drug-likeness (QED) is 0.154. The molecule has 1 aliphatic heterocycles. The maximum absolute atomic E-state index is 13.4. The van der Waals surface area contributed by atoms with E-state index in [2.05, 4.69) is 4.98 Å². The van der Waals surface area contributed by atoms with Gasteiger partial charge in [0.15, 0.2) is 5.13 Å². The molecule has 6 nitrogen and oxygen atoms in total. The van der Waals surface area contributed by atoms with Gasteiger partial charge in [-0.25, -0.2) is 4.98 Å². The lowest BCUT2D eigenvalue weighted by Gasteiger charge is -2.23. The Bertz CT molecular complexity index is 1560. The molecule has 1 aromatic heterocycles. The number of carbonyl (C=O) groups excluding carboxylic acids is 2. The molecule has 0 spiro atoms. The van der Waals surface area contributed by atoms with Crippen LogP contribution in [0.5, 0.6) is 5.75 Å². The summed E-state index contributed by atoms with van der Waals surface area (Å²) in [4.78, 5) is 32.8. The van der Waals surface area contributed by atoms with Crippen molar-refractivity contribution in [1.82, 2.24) is 4.98 Å². The van der Waals surface area contributed by atoms with E-state index in [0.717, 1.165) is 16.7 Å². The summed E-state index contributed by atoms with van der Waals surface area (Å²) in [6.07, 6.45) is 0.861. The van der Waals surface area contributed by atoms with Crippen LogP contribution in [0.1, 0.15) is 36.1 Å². The van der Waals surface area contributed by atoms with Crippen molar-refractivity contribution in [3.8, 4) is 5.75 Å². The molecule has 0 radical (unpaired) electrons. The Morgan fingerprint density at radius 3 is 2.51 bits per heavy atom. The Morgan fingerprint density at radius 2 is 1.81 bits per heavy atom. The minimum atomic E-state index is -0.951. The Morgan fingerprint density at radius 1 is 1.05 bits per heavy atom. The van der Waals surface area contributed by atoms with Crippen LogP contribution in [0, 0.1) is 6.92 Å². The molecule has 1 aliphatic rings. The van der Waals surface area contributed by atoms with E-state index < -0.39 is 17.7 Å². The maximum Gasteiger partial charge on any atom is 0.301 e. The van der Waals surface area contributed by atoms with Crippen molar-refractivity contribution in [2.75, 3.05) is 11.5 Å². The van der Waals surface area contributed by atoms with E-state index in [1.807, 2.05) is 32.0 Å². The third-order valence-corrected chi connectivity index (χ3v) is 7.80. The first-order valence-electron chi connectivity index (χ1n) is 11.6. The van der Waals surface area contributed by atoms with Crippen molar-refractivity contribution in [1.29, 1.82) is 0 Å². The predicted octanol–water partition coefficient (Wildman–Crippen LogP) is 7.33. The molecule has 0 saturated carbocycles. The van der Waals surface area contributed by atoms with Crippen LogP contribution >= 0.6 is 34.5 Å². The van der Waals surface area contributed by atoms with Crippen LogP contribution in [0.15, 0.2) is 66.2 Å². The monoisotopic (exact) mass is 552 g/mol. The number of ketones is 1. The van der Waals surface area contributed by atoms with Crippen LogP contribution in [0.3, 0.4) is 0 Å². The summed E-state index contributed by atoms with van der Waals surface area (Å²) in [5.74, 6) is -1.24. The lowest BCUT2D eigenvalue weighted by atomic mass is 9.95. The molecule has 1 amide bonds. The van der Waals surface area contributed by atoms with Gasteiger partial charge in [-0.1, -0.05) is 53.6 Å². The first kappa shape index (κ1) is 25.3. The van der Waals surface area contributed by atoms with Crippen molar-refractivity contribution < 1.29 is 19.4 Å². The molecule has 3 aromatic carbocycles. The molecule has 1 atom stereocenters. The smallest absolute Gasteiger partial charge is 0.301 e. The number of aliphatic hydroxyl groups excluding tert-OH is 1. The molecule has 9 heteroatoms. The van der Waals surface area contributed by atoms with Gasteiger partial charge in [-0.2, -0.15) is 0 Å². The van der Waals surface area contributed by atoms with Crippen LogP contribution in [0.25, 0.3) is 16.0 Å². The van der Waals surface area contributed by atoms with Crippen molar-refractivity contribution in [3.63, 3.8) is 0 Å². The number of amides is 1. The molecule has 37 heavy (non-hydrogen) atoms. The number of anilines is 1. The number of carbonyl (C=O) groups is 2. The lowest BCUT2D eigenvalue weighted by Crippen LogP contribution is -2.29. The van der Waals surface area contributed by atoms with Gasteiger partial charge in [-0.3, -0.25) is 14.5 Å². The van der Waals surface area contributed by atoms with E-state index in [-0.39, 0.29) is 16.4 Å². The van der Waals surface area contributed by atoms with Gasteiger partial charge in [0.05, 0.1) is 38.5 Å². The number of aliphatic hydroxyl groups is 1. The van der Waals surface area contributed by atoms with Gasteiger partial charge < -0.3 is 9.84 Å². The van der Waals surface area contributed by atoms with E-state index in [0.29, 0.717) is 39.2 Å². The van der Waals surface area contributed by atoms with Crippen LogP contribution in [-0.2, 0) is 9.59 Å². The number of aromatic nitrogens is 1. The van der Waals surface area contributed by atoms with E-state index in [9.17, 15) is 14.7 Å². The zero-order chi connectivity index (χ0) is 26.3. The van der Waals surface area contributed by atoms with Crippen molar-refractivity contribution >= 4 is 67.3 Å². The predicted molar refractivity (Wildman–Crippen MR) is 148 cm³/mol. The van der Waals surface area contributed by atoms with Gasteiger partial charge in [0.2, 0.25) is 0 Å². The number of benzene rings is 3. The number of ether oxygens (including phenoxy) is 1. The summed E-state index contributed by atoms with van der Waals surface area (Å²) in [6, 6.07) is 16.4. The number of Topliss-reactive ketones (excluding diaryl/α,β-unsaturated/α-hetero) is 1. The number of thiazole rings is 1. The summed E-state index contributed by atoms with van der Waals surface area (Å²) in [6.45, 7) is 4.55. The van der Waals surface area contributed by atoms with Crippen LogP contribution in [0.2, 0.25) is 10.0 Å². The third kappa shape index (κ3) is 4.70. The summed E-state index contributed by atoms with van der Waals surface area (Å²) in [5.41, 5.74) is 2.61. The van der Waals surface area contributed by atoms with E-state index >= 15 is 0 Å². The minimum Gasteiger partial charge on any atom is -0.507 e. The number of nitrogens with zero attached hydrogens (tertiary/aromatic N) is 2. The first-order chi connectivity index (χ1) is 17.8. The highest BCUT2D eigenvalue weighted by Crippen LogP contribution is 2.45. The van der Waals surface area contributed by atoms with Gasteiger partial charge in [-0.15, -0.1) is 0 Å². The number of aryl methyl sites for hydroxylation is 1. The average Bonchev–Trinajstić information content (AvgIpc) is 3.42. The second-order valence-electron chi connectivity index (χ2n) is 8.68. The SMILES string of the molecule is CCCOc1ccc(/C(O)=C2\C(=O)C(=O)N(c3nc4ccc(C)cc4s3)C2c2ccc(Cl)c(Cl)c2)cc1. The molecule has 4 aromatic rings. The molecule has 1 N–H and O–H groups in total. The third-order valence-electron chi connectivity index (χ3n) is 6.04. The molecule has 1 unspecified atom stereocenters. The highest BCUT2D eigenvalue weighted by Gasteiger charge is 2.48. The highest BCUT2D eigenvalue weighted by molar-refractivity contribution is 7.22. The number of hydrogen-bond acceptors (Lipinski definition) is 6. The van der Waals surface area contributed by atoms with E-state index in [1.54, 1.807) is 42.5 Å². The zero-order valence-electron chi connectivity index (χ0n) is 20.0. The molecular formula is C28H22Cl2N2O4S. The van der Waals surface area contributed by atoms with Crippen LogP contribution in [0.4, 0.5) is 5.13 Å². The second-order valence-corrected chi connectivity index (χ2v) is 10.5. The Balaban J connectivity index is 1.67. The Labute approximate surface area is 227 Å². The van der Waals surface area contributed by atoms with Gasteiger partial charge in [-0.05, 0) is 73.0 Å². The summed E-state index contributed by atoms with van der Waals surface area (Å²) < 4.78 is 6.50. The minimum absolute atomic E-state index is 0.0546. The van der Waals surface area contributed by atoms with Gasteiger partial charge in [0, 0.05) is 5.56 Å². The maximum atomic E-state index is 13.4. The highest BCUT2D eigenvalue weighted by atomic mass is 35.5. The fourth-order valence-electron chi connectivity index (χ4n) is 4.23. The lowest BCUT2D eigenvalue weighted by molar-refractivity contribution is -0.132. The van der Waals surface area contributed by atoms with Crippen molar-refractivity contribution in [2.45, 2.75) is 26.3 Å². The zero-order valence-corrected chi connectivity index (χ0v) is 22.3.